The van der Waals surface area contributed by atoms with Gasteiger partial charge in [0, 0.05) is 19.4 Å². The Balaban J connectivity index is 2.34. The number of hydrogen-bond acceptors (Lipinski definition) is 6. The summed E-state index contributed by atoms with van der Waals surface area (Å²) >= 11 is 0. The molecule has 0 aliphatic carbocycles. The van der Waals surface area contributed by atoms with Gasteiger partial charge in [0.2, 0.25) is 5.91 Å². The zero-order valence-electron chi connectivity index (χ0n) is 9.63. The molecule has 0 aromatic heterocycles. The second kappa shape index (κ2) is 6.10. The number of nitrogens with two attached hydrogens (primary N) is 1. The van der Waals surface area contributed by atoms with Crippen molar-refractivity contribution in [1.82, 2.24) is 4.90 Å². The number of carbonyl (C=O) groups is 4. The highest BCUT2D eigenvalue weighted by Gasteiger charge is 2.29. The maximum atomic E-state index is 11.4. The first-order valence-electron chi connectivity index (χ1n) is 5.45. The molecule has 1 saturated heterocycles. The topological polar surface area (TPSA) is 127 Å². The third-order valence-electron chi connectivity index (χ3n) is 2.47. The summed E-state index contributed by atoms with van der Waals surface area (Å²) < 4.78 is 4.41. The fraction of sp³-hybridized carbons (Fsp3) is 0.600. The normalized spacial score (nSPS) is 16.5. The summed E-state index contributed by atoms with van der Waals surface area (Å²) in [5, 5.41) is 8.49. The van der Waals surface area contributed by atoms with Crippen LogP contribution in [0.15, 0.2) is 0 Å². The van der Waals surface area contributed by atoms with Crippen molar-refractivity contribution >= 4 is 23.9 Å². The molecular weight excluding hydrogens is 244 g/mol. The lowest BCUT2D eigenvalue weighted by Gasteiger charge is -2.12. The molecule has 1 heterocycles. The number of carboxylic acids is 1. The van der Waals surface area contributed by atoms with Crippen molar-refractivity contribution in [2.24, 2.45) is 5.73 Å². The van der Waals surface area contributed by atoms with Gasteiger partial charge in [-0.2, -0.15) is 0 Å². The number of amides is 2. The maximum Gasteiger partial charge on any atom is 0.424 e. The zero-order chi connectivity index (χ0) is 13.7. The van der Waals surface area contributed by atoms with E-state index in [0.717, 1.165) is 4.90 Å². The number of hydrogen-bond donors (Lipinski definition) is 2. The molecule has 1 aliphatic heterocycles. The molecule has 2 amide bonds. The Hall–Kier alpha value is -1.96. The second-order valence-corrected chi connectivity index (χ2v) is 3.87. The Morgan fingerprint density at radius 2 is 2.11 bits per heavy atom. The van der Waals surface area contributed by atoms with Crippen LogP contribution in [0.5, 0.6) is 0 Å². The lowest BCUT2D eigenvalue weighted by Crippen LogP contribution is -2.35. The predicted molar refractivity (Wildman–Crippen MR) is 57.3 cm³/mol. The Labute approximate surface area is 103 Å². The summed E-state index contributed by atoms with van der Waals surface area (Å²) in [5.41, 5.74) is 5.18. The molecule has 1 atom stereocenters. The van der Waals surface area contributed by atoms with Gasteiger partial charge in [-0.3, -0.25) is 14.4 Å². The summed E-state index contributed by atoms with van der Waals surface area (Å²) in [6.45, 7) is 0.236. The summed E-state index contributed by atoms with van der Waals surface area (Å²) in [6, 6.07) is -1.18. The van der Waals surface area contributed by atoms with E-state index in [1.54, 1.807) is 0 Å². The average Bonchev–Trinajstić information content (AvgIpc) is 2.72. The number of rotatable bonds is 4. The minimum atomic E-state index is -1.23. The molecule has 100 valence electrons. The lowest BCUT2D eigenvalue weighted by atomic mass is 10.2. The maximum absolute atomic E-state index is 11.4. The summed E-state index contributed by atoms with van der Waals surface area (Å²) in [5.74, 6) is -2.50. The highest BCUT2D eigenvalue weighted by Crippen LogP contribution is 2.11. The molecule has 18 heavy (non-hydrogen) atoms. The summed E-state index contributed by atoms with van der Waals surface area (Å²) in [4.78, 5) is 45.0. The number of likely N-dealkylation sites (tertiary alicyclic amines) is 1. The van der Waals surface area contributed by atoms with Crippen molar-refractivity contribution in [2.75, 3.05) is 6.54 Å². The SMILES string of the molecule is N[C@@H](CCC(=O)OC(=O)N1CCCC1=O)C(=O)O. The first-order valence-corrected chi connectivity index (χ1v) is 5.45. The van der Waals surface area contributed by atoms with Gasteiger partial charge in [0.15, 0.2) is 0 Å². The Morgan fingerprint density at radius 1 is 1.44 bits per heavy atom. The number of esters is 1. The van der Waals surface area contributed by atoms with E-state index in [1.165, 1.54) is 0 Å². The molecule has 1 fully saturated rings. The van der Waals surface area contributed by atoms with Gasteiger partial charge in [0.05, 0.1) is 0 Å². The highest BCUT2D eigenvalue weighted by molar-refractivity contribution is 5.97. The third-order valence-corrected chi connectivity index (χ3v) is 2.47. The van der Waals surface area contributed by atoms with Crippen LogP contribution >= 0.6 is 0 Å². The van der Waals surface area contributed by atoms with Crippen LogP contribution in [0.4, 0.5) is 4.79 Å². The molecule has 0 saturated carbocycles. The molecule has 0 radical (unpaired) electrons. The van der Waals surface area contributed by atoms with Gasteiger partial charge < -0.3 is 15.6 Å². The number of aliphatic carboxylic acids is 1. The fourth-order valence-corrected chi connectivity index (χ4v) is 1.44. The Bertz CT molecular complexity index is 381. The predicted octanol–water partition coefficient (Wildman–Crippen LogP) is -0.536. The molecule has 0 spiro atoms. The van der Waals surface area contributed by atoms with Crippen LogP contribution in [0.25, 0.3) is 0 Å². The van der Waals surface area contributed by atoms with E-state index in [1.807, 2.05) is 0 Å². The van der Waals surface area contributed by atoms with Crippen molar-refractivity contribution in [3.63, 3.8) is 0 Å². The van der Waals surface area contributed by atoms with Crippen molar-refractivity contribution in [3.8, 4) is 0 Å². The molecule has 8 nitrogen and oxygen atoms in total. The van der Waals surface area contributed by atoms with Crippen molar-refractivity contribution in [2.45, 2.75) is 31.7 Å². The van der Waals surface area contributed by atoms with Gasteiger partial charge in [0.1, 0.15) is 6.04 Å². The molecule has 0 aromatic rings. The lowest BCUT2D eigenvalue weighted by molar-refractivity contribution is -0.140. The molecule has 0 unspecified atom stereocenters. The molecule has 0 bridgehead atoms. The average molecular weight is 258 g/mol. The number of imide groups is 1. The molecule has 3 N–H and O–H groups in total. The van der Waals surface area contributed by atoms with Gasteiger partial charge in [-0.25, -0.2) is 9.69 Å². The van der Waals surface area contributed by atoms with E-state index in [-0.39, 0.29) is 31.7 Å². The van der Waals surface area contributed by atoms with Gasteiger partial charge in [0.25, 0.3) is 0 Å². The van der Waals surface area contributed by atoms with Crippen LogP contribution in [0.1, 0.15) is 25.7 Å². The monoisotopic (exact) mass is 258 g/mol. The van der Waals surface area contributed by atoms with Gasteiger partial charge in [-0.1, -0.05) is 0 Å². The molecular formula is C10H14N2O6. The van der Waals surface area contributed by atoms with Gasteiger partial charge in [-0.05, 0) is 12.8 Å². The fourth-order valence-electron chi connectivity index (χ4n) is 1.44. The smallest absolute Gasteiger partial charge is 0.424 e. The van der Waals surface area contributed by atoms with Crippen molar-refractivity contribution < 1.29 is 29.0 Å². The Kier molecular flexibility index (Phi) is 4.78. The largest absolute Gasteiger partial charge is 0.480 e. The van der Waals surface area contributed by atoms with Crippen LogP contribution < -0.4 is 5.73 Å². The van der Waals surface area contributed by atoms with E-state index in [2.05, 4.69) is 4.74 Å². The van der Waals surface area contributed by atoms with Crippen LogP contribution in [-0.4, -0.2) is 46.5 Å². The van der Waals surface area contributed by atoms with Crippen molar-refractivity contribution in [3.05, 3.63) is 0 Å². The van der Waals surface area contributed by atoms with E-state index >= 15 is 0 Å². The molecule has 0 aromatic carbocycles. The minimum absolute atomic E-state index is 0.130. The van der Waals surface area contributed by atoms with Gasteiger partial charge in [-0.15, -0.1) is 0 Å². The first kappa shape index (κ1) is 14.1. The number of carbonyl (C=O) groups excluding carboxylic acids is 3. The van der Waals surface area contributed by atoms with Crippen LogP contribution in [0.3, 0.4) is 0 Å². The summed E-state index contributed by atoms with van der Waals surface area (Å²) in [6.07, 6.45) is -0.623. The number of carboxylic acid groups (broad SMARTS) is 1. The number of nitrogens with zero attached hydrogens (tertiary/aromatic N) is 1. The first-order chi connectivity index (χ1) is 8.41. The summed E-state index contributed by atoms with van der Waals surface area (Å²) in [7, 11) is 0. The van der Waals surface area contributed by atoms with E-state index < -0.39 is 24.1 Å². The van der Waals surface area contributed by atoms with Crippen molar-refractivity contribution in [1.29, 1.82) is 0 Å². The minimum Gasteiger partial charge on any atom is -0.480 e. The van der Waals surface area contributed by atoms with E-state index in [4.69, 9.17) is 10.8 Å². The van der Waals surface area contributed by atoms with E-state index in [9.17, 15) is 19.2 Å². The highest BCUT2D eigenvalue weighted by atomic mass is 16.6. The van der Waals surface area contributed by atoms with Crippen LogP contribution in [-0.2, 0) is 19.1 Å². The molecule has 1 rings (SSSR count). The van der Waals surface area contributed by atoms with Crippen LogP contribution in [0.2, 0.25) is 0 Å². The zero-order valence-corrected chi connectivity index (χ0v) is 9.63. The number of ether oxygens (including phenoxy) is 1. The quantitative estimate of drug-likeness (QED) is 0.512. The standard InChI is InChI=1S/C10H14N2O6/c11-6(9(15)16)3-4-8(14)18-10(17)12-5-1-2-7(12)13/h6H,1-5,11H2,(H,15,16)/t6-/m0/s1. The van der Waals surface area contributed by atoms with Crippen LogP contribution in [0, 0.1) is 0 Å². The third kappa shape index (κ3) is 3.81. The van der Waals surface area contributed by atoms with Gasteiger partial charge >= 0.3 is 18.0 Å². The molecule has 1 aliphatic rings. The second-order valence-electron chi connectivity index (χ2n) is 3.87. The Morgan fingerprint density at radius 3 is 2.61 bits per heavy atom. The molecule has 8 heteroatoms. The van der Waals surface area contributed by atoms with E-state index in [0.29, 0.717) is 6.42 Å².